The number of carbonyl (C=O) groups excluding carboxylic acids is 1. The Labute approximate surface area is 184 Å². The number of nitrogens with zero attached hydrogens (tertiary/aromatic N) is 4. The van der Waals surface area contributed by atoms with E-state index in [0.29, 0.717) is 24.0 Å². The van der Waals surface area contributed by atoms with Crippen LogP contribution in [0.2, 0.25) is 0 Å². The standard InChI is InChI=1S/C25H23FN4O2/c26-20-8-9-22-23(14-20)27-17-30(25(22)32)16-24(31)29-12-10-28(11-13-29)15-19-6-3-5-18-4-1-2-7-21(18)19/h1-9,14,17H,10-13,15-16H2. The molecule has 0 atom stereocenters. The Hall–Kier alpha value is -3.58. The van der Waals surface area contributed by atoms with Gasteiger partial charge in [-0.2, -0.15) is 0 Å². The topological polar surface area (TPSA) is 58.4 Å². The molecular weight excluding hydrogens is 407 g/mol. The first kappa shape index (κ1) is 20.3. The Balaban J connectivity index is 1.23. The van der Waals surface area contributed by atoms with Crippen LogP contribution in [0.1, 0.15) is 5.56 Å². The Morgan fingerprint density at radius 3 is 2.56 bits per heavy atom. The normalized spacial score (nSPS) is 14.8. The van der Waals surface area contributed by atoms with E-state index in [-0.39, 0.29) is 18.0 Å². The lowest BCUT2D eigenvalue weighted by molar-refractivity contribution is -0.133. The fourth-order valence-electron chi connectivity index (χ4n) is 4.32. The van der Waals surface area contributed by atoms with Crippen molar-refractivity contribution in [3.05, 3.63) is 88.7 Å². The molecule has 6 nitrogen and oxygen atoms in total. The minimum atomic E-state index is -0.445. The lowest BCUT2D eigenvalue weighted by Crippen LogP contribution is -2.49. The third-order valence-electron chi connectivity index (χ3n) is 6.09. The van der Waals surface area contributed by atoms with Crippen LogP contribution in [0.4, 0.5) is 4.39 Å². The molecule has 7 heteroatoms. The van der Waals surface area contributed by atoms with Gasteiger partial charge in [-0.1, -0.05) is 42.5 Å². The van der Waals surface area contributed by atoms with E-state index in [2.05, 4.69) is 46.3 Å². The number of aromatic nitrogens is 2. The number of carbonyl (C=O) groups is 1. The summed E-state index contributed by atoms with van der Waals surface area (Å²) in [7, 11) is 0. The van der Waals surface area contributed by atoms with Crippen molar-refractivity contribution in [3.8, 4) is 0 Å². The monoisotopic (exact) mass is 430 g/mol. The molecule has 1 fully saturated rings. The van der Waals surface area contributed by atoms with E-state index in [4.69, 9.17) is 0 Å². The van der Waals surface area contributed by atoms with E-state index < -0.39 is 5.82 Å². The van der Waals surface area contributed by atoms with E-state index in [1.807, 2.05) is 6.07 Å². The molecule has 2 heterocycles. The molecule has 0 saturated carbocycles. The summed E-state index contributed by atoms with van der Waals surface area (Å²) in [4.78, 5) is 33.7. The third-order valence-corrected chi connectivity index (χ3v) is 6.09. The van der Waals surface area contributed by atoms with Gasteiger partial charge in [-0.25, -0.2) is 9.37 Å². The van der Waals surface area contributed by atoms with Crippen molar-refractivity contribution in [2.75, 3.05) is 26.2 Å². The van der Waals surface area contributed by atoms with Crippen LogP contribution in [-0.2, 0) is 17.9 Å². The van der Waals surface area contributed by atoms with Gasteiger partial charge in [0.1, 0.15) is 12.4 Å². The largest absolute Gasteiger partial charge is 0.339 e. The highest BCUT2D eigenvalue weighted by Gasteiger charge is 2.22. The molecule has 1 aromatic heterocycles. The summed E-state index contributed by atoms with van der Waals surface area (Å²) >= 11 is 0. The summed E-state index contributed by atoms with van der Waals surface area (Å²) in [5, 5.41) is 2.80. The summed E-state index contributed by atoms with van der Waals surface area (Å²) in [6, 6.07) is 18.6. The predicted octanol–water partition coefficient (Wildman–Crippen LogP) is 3.03. The number of benzene rings is 3. The maximum atomic E-state index is 13.4. The molecule has 1 amide bonds. The van der Waals surface area contributed by atoms with Crippen LogP contribution in [0, 0.1) is 5.82 Å². The van der Waals surface area contributed by atoms with Crippen LogP contribution in [0.3, 0.4) is 0 Å². The van der Waals surface area contributed by atoms with Crippen LogP contribution in [0.15, 0.2) is 71.8 Å². The molecule has 32 heavy (non-hydrogen) atoms. The number of fused-ring (bicyclic) bond motifs is 2. The smallest absolute Gasteiger partial charge is 0.261 e. The summed E-state index contributed by atoms with van der Waals surface area (Å²) in [5.74, 6) is -0.556. The fraction of sp³-hybridized carbons (Fsp3) is 0.240. The van der Waals surface area contributed by atoms with E-state index in [9.17, 15) is 14.0 Å². The third kappa shape index (κ3) is 3.99. The van der Waals surface area contributed by atoms with Crippen LogP contribution in [0.5, 0.6) is 0 Å². The molecule has 4 aromatic rings. The van der Waals surface area contributed by atoms with Gasteiger partial charge in [-0.05, 0) is 28.5 Å². The van der Waals surface area contributed by atoms with Crippen LogP contribution < -0.4 is 5.56 Å². The first-order valence-corrected chi connectivity index (χ1v) is 10.7. The van der Waals surface area contributed by atoms with Gasteiger partial charge in [0.15, 0.2) is 0 Å². The minimum absolute atomic E-state index is 0.0670. The number of rotatable bonds is 4. The van der Waals surface area contributed by atoms with Gasteiger partial charge in [0, 0.05) is 38.8 Å². The second-order valence-corrected chi connectivity index (χ2v) is 8.13. The number of piperazine rings is 1. The van der Waals surface area contributed by atoms with Gasteiger partial charge in [-0.3, -0.25) is 19.1 Å². The summed E-state index contributed by atoms with van der Waals surface area (Å²) in [6.45, 7) is 3.56. The van der Waals surface area contributed by atoms with Crippen molar-refractivity contribution in [1.29, 1.82) is 0 Å². The zero-order chi connectivity index (χ0) is 22.1. The molecule has 1 aliphatic heterocycles. The molecular formula is C25H23FN4O2. The lowest BCUT2D eigenvalue weighted by atomic mass is 10.0. The molecule has 5 rings (SSSR count). The molecule has 0 spiro atoms. The highest BCUT2D eigenvalue weighted by molar-refractivity contribution is 5.85. The lowest BCUT2D eigenvalue weighted by Gasteiger charge is -2.35. The predicted molar refractivity (Wildman–Crippen MR) is 122 cm³/mol. The second kappa shape index (κ2) is 8.51. The fourth-order valence-corrected chi connectivity index (χ4v) is 4.32. The maximum absolute atomic E-state index is 13.4. The van der Waals surface area contributed by atoms with Crippen LogP contribution in [0.25, 0.3) is 21.7 Å². The van der Waals surface area contributed by atoms with E-state index in [0.717, 1.165) is 19.6 Å². The van der Waals surface area contributed by atoms with Crippen LogP contribution >= 0.6 is 0 Å². The van der Waals surface area contributed by atoms with Gasteiger partial charge in [0.05, 0.1) is 17.2 Å². The first-order chi connectivity index (χ1) is 15.6. The summed E-state index contributed by atoms with van der Waals surface area (Å²) < 4.78 is 14.7. The maximum Gasteiger partial charge on any atom is 0.261 e. The van der Waals surface area contributed by atoms with Crippen molar-refractivity contribution in [2.24, 2.45) is 0 Å². The molecule has 0 bridgehead atoms. The van der Waals surface area contributed by atoms with Gasteiger partial charge in [0.2, 0.25) is 5.91 Å². The van der Waals surface area contributed by atoms with Crippen LogP contribution in [-0.4, -0.2) is 51.4 Å². The zero-order valence-electron chi connectivity index (χ0n) is 17.6. The average Bonchev–Trinajstić information content (AvgIpc) is 2.81. The SMILES string of the molecule is O=C(Cn1cnc2cc(F)ccc2c1=O)N1CCN(Cc2cccc3ccccc23)CC1. The molecule has 1 saturated heterocycles. The molecule has 162 valence electrons. The van der Waals surface area contributed by atoms with Gasteiger partial charge in [0.25, 0.3) is 5.56 Å². The molecule has 0 N–H and O–H groups in total. The zero-order valence-corrected chi connectivity index (χ0v) is 17.6. The highest BCUT2D eigenvalue weighted by Crippen LogP contribution is 2.20. The van der Waals surface area contributed by atoms with E-state index in [1.54, 1.807) is 4.90 Å². The Bertz CT molecular complexity index is 1350. The Kier molecular flexibility index (Phi) is 5.41. The molecule has 0 aliphatic carbocycles. The molecule has 3 aromatic carbocycles. The number of hydrogen-bond acceptors (Lipinski definition) is 4. The van der Waals surface area contributed by atoms with Crippen molar-refractivity contribution in [1.82, 2.24) is 19.4 Å². The van der Waals surface area contributed by atoms with E-state index in [1.165, 1.54) is 45.4 Å². The Morgan fingerprint density at radius 2 is 1.72 bits per heavy atom. The number of amides is 1. The molecule has 1 aliphatic rings. The second-order valence-electron chi connectivity index (χ2n) is 8.13. The Morgan fingerprint density at radius 1 is 0.938 bits per heavy atom. The van der Waals surface area contributed by atoms with E-state index >= 15 is 0 Å². The number of hydrogen-bond donors (Lipinski definition) is 0. The quantitative estimate of drug-likeness (QED) is 0.499. The van der Waals surface area contributed by atoms with Crippen molar-refractivity contribution in [2.45, 2.75) is 13.1 Å². The van der Waals surface area contributed by atoms with Crippen molar-refractivity contribution < 1.29 is 9.18 Å². The first-order valence-electron chi connectivity index (χ1n) is 10.7. The van der Waals surface area contributed by atoms with Crippen molar-refractivity contribution >= 4 is 27.6 Å². The molecule has 0 radical (unpaired) electrons. The van der Waals surface area contributed by atoms with Crippen molar-refractivity contribution in [3.63, 3.8) is 0 Å². The minimum Gasteiger partial charge on any atom is -0.339 e. The highest BCUT2D eigenvalue weighted by atomic mass is 19.1. The average molecular weight is 430 g/mol. The van der Waals surface area contributed by atoms with Gasteiger partial charge >= 0.3 is 0 Å². The summed E-state index contributed by atoms with van der Waals surface area (Å²) in [5.41, 5.74) is 1.24. The van der Waals surface area contributed by atoms with Gasteiger partial charge < -0.3 is 4.90 Å². The number of halogens is 1. The molecule has 0 unspecified atom stereocenters. The van der Waals surface area contributed by atoms with Gasteiger partial charge in [-0.15, -0.1) is 0 Å². The summed E-state index contributed by atoms with van der Waals surface area (Å²) in [6.07, 6.45) is 1.32.